The molecule has 10 heteroatoms. The second-order valence-electron chi connectivity index (χ2n) is 10.1. The highest BCUT2D eigenvalue weighted by atomic mass is 32.2. The van der Waals surface area contributed by atoms with E-state index in [-0.39, 0.29) is 11.3 Å². The molecule has 1 unspecified atom stereocenters. The fraction of sp³-hybridized carbons (Fsp3) is 0.250. The number of nitrogens with zero attached hydrogens (tertiary/aromatic N) is 1. The third kappa shape index (κ3) is 5.49. The van der Waals surface area contributed by atoms with Crippen LogP contribution in [-0.4, -0.2) is 37.1 Å². The minimum absolute atomic E-state index is 0.272. The Morgan fingerprint density at radius 2 is 1.69 bits per heavy atom. The molecule has 0 spiro atoms. The highest BCUT2D eigenvalue weighted by Gasteiger charge is 2.24. The van der Waals surface area contributed by atoms with Crippen LogP contribution in [0.15, 0.2) is 77.9 Å². The average molecular weight is 588 g/mol. The third-order valence-corrected chi connectivity index (χ3v) is 8.39. The van der Waals surface area contributed by atoms with Gasteiger partial charge >= 0.3 is 0 Å². The predicted molar refractivity (Wildman–Crippen MR) is 164 cm³/mol. The van der Waals surface area contributed by atoms with Crippen molar-refractivity contribution in [1.82, 2.24) is 14.3 Å². The first-order valence-electron chi connectivity index (χ1n) is 13.8. The van der Waals surface area contributed by atoms with Gasteiger partial charge in [-0.1, -0.05) is 42.5 Å². The summed E-state index contributed by atoms with van der Waals surface area (Å²) < 4.78 is 41.5. The van der Waals surface area contributed by atoms with Gasteiger partial charge in [-0.05, 0) is 62.6 Å². The molecule has 0 bridgehead atoms. The number of nitrogens with one attached hydrogen (secondary N) is 2. The second kappa shape index (κ2) is 11.7. The molecule has 2 aromatic heterocycles. The molecule has 0 saturated heterocycles. The highest BCUT2D eigenvalue weighted by molar-refractivity contribution is 7.89. The molecular formula is C32H33N3O6S. The van der Waals surface area contributed by atoms with Crippen molar-refractivity contribution in [3.63, 3.8) is 0 Å². The zero-order chi connectivity index (χ0) is 30.0. The van der Waals surface area contributed by atoms with Crippen LogP contribution in [0.4, 0.5) is 0 Å². The Labute approximate surface area is 244 Å². The van der Waals surface area contributed by atoms with Crippen LogP contribution in [-0.2, 0) is 20.6 Å². The van der Waals surface area contributed by atoms with Gasteiger partial charge in [0.2, 0.25) is 15.9 Å². The summed E-state index contributed by atoms with van der Waals surface area (Å²) in [5.74, 6) is -0.565. The topological polar surface area (TPSA) is 119 Å². The highest BCUT2D eigenvalue weighted by Crippen LogP contribution is 2.41. The van der Waals surface area contributed by atoms with Crippen LogP contribution >= 0.6 is 0 Å². The molecule has 0 fully saturated rings. The number of hydrogen-bond donors (Lipinski definition) is 2. The van der Waals surface area contributed by atoms with Crippen molar-refractivity contribution in [2.45, 2.75) is 39.4 Å². The van der Waals surface area contributed by atoms with E-state index in [1.807, 2.05) is 39.0 Å². The maximum atomic E-state index is 13.9. The molecule has 1 amide bonds. The molecule has 9 nitrogen and oxygen atoms in total. The largest absolute Gasteiger partial charge is 0.492 e. The number of aromatic nitrogens is 2. The number of amides is 1. The van der Waals surface area contributed by atoms with Crippen molar-refractivity contribution in [1.29, 1.82) is 0 Å². The number of fused-ring (bicyclic) bond motifs is 2. The lowest BCUT2D eigenvalue weighted by atomic mass is 10.0. The molecule has 0 aliphatic carbocycles. The van der Waals surface area contributed by atoms with Gasteiger partial charge in [-0.2, -0.15) is 0 Å². The Kier molecular flexibility index (Phi) is 8.08. The van der Waals surface area contributed by atoms with E-state index in [4.69, 9.17) is 9.47 Å². The van der Waals surface area contributed by atoms with Gasteiger partial charge in [0, 0.05) is 17.8 Å². The summed E-state index contributed by atoms with van der Waals surface area (Å²) >= 11 is 0. The summed E-state index contributed by atoms with van der Waals surface area (Å²) in [6, 6.07) is 17.8. The van der Waals surface area contributed by atoms with Crippen LogP contribution in [0.2, 0.25) is 0 Å². The lowest BCUT2D eigenvalue weighted by molar-refractivity contribution is -0.120. The van der Waals surface area contributed by atoms with Crippen LogP contribution in [0.25, 0.3) is 27.4 Å². The lowest BCUT2D eigenvalue weighted by Gasteiger charge is -2.14. The first kappa shape index (κ1) is 28.9. The van der Waals surface area contributed by atoms with Gasteiger partial charge in [0.25, 0.3) is 5.56 Å². The van der Waals surface area contributed by atoms with Crippen LogP contribution in [0.3, 0.4) is 0 Å². The molecular weight excluding hydrogens is 554 g/mol. The van der Waals surface area contributed by atoms with E-state index in [1.54, 1.807) is 61.8 Å². The Bertz CT molecular complexity index is 1940. The average Bonchev–Trinajstić information content (AvgIpc) is 3.30. The van der Waals surface area contributed by atoms with Crippen molar-refractivity contribution in [2.24, 2.45) is 0 Å². The van der Waals surface area contributed by atoms with Gasteiger partial charge in [-0.25, -0.2) is 8.42 Å². The molecule has 3 aromatic carbocycles. The van der Waals surface area contributed by atoms with Crippen molar-refractivity contribution < 1.29 is 22.7 Å². The molecule has 42 heavy (non-hydrogen) atoms. The van der Waals surface area contributed by atoms with Crippen molar-refractivity contribution in [3.05, 3.63) is 100 Å². The zero-order valence-corrected chi connectivity index (χ0v) is 24.7. The van der Waals surface area contributed by atoms with Crippen LogP contribution in [0.5, 0.6) is 11.5 Å². The number of pyridine rings is 1. The number of hydrogen-bond acceptors (Lipinski definition) is 6. The Balaban J connectivity index is 1.49. The van der Waals surface area contributed by atoms with E-state index in [1.165, 1.54) is 4.57 Å². The number of sulfonamides is 1. The van der Waals surface area contributed by atoms with E-state index < -0.39 is 21.8 Å². The molecule has 0 radical (unpaired) electrons. The van der Waals surface area contributed by atoms with Crippen LogP contribution in [0, 0.1) is 6.92 Å². The first-order chi connectivity index (χ1) is 20.1. The number of aromatic amines is 1. The lowest BCUT2D eigenvalue weighted by Crippen LogP contribution is -2.34. The maximum absolute atomic E-state index is 13.9. The summed E-state index contributed by atoms with van der Waals surface area (Å²) in [5, 5.41) is 1.77. The summed E-state index contributed by atoms with van der Waals surface area (Å²) in [6.07, 6.45) is 3.53. The minimum atomic E-state index is -3.96. The van der Waals surface area contributed by atoms with E-state index >= 15 is 0 Å². The van der Waals surface area contributed by atoms with Gasteiger partial charge in [0.15, 0.2) is 5.75 Å². The van der Waals surface area contributed by atoms with Gasteiger partial charge in [-0.3, -0.25) is 18.9 Å². The monoisotopic (exact) mass is 587 g/mol. The molecule has 0 aliphatic heterocycles. The fourth-order valence-electron chi connectivity index (χ4n) is 5.20. The number of benzene rings is 3. The van der Waals surface area contributed by atoms with Crippen molar-refractivity contribution in [3.8, 4) is 17.2 Å². The van der Waals surface area contributed by atoms with Gasteiger partial charge in [0.1, 0.15) is 5.75 Å². The molecule has 0 saturated carbocycles. The number of ether oxygens (including phenoxy) is 2. The van der Waals surface area contributed by atoms with Crippen LogP contribution < -0.4 is 19.8 Å². The van der Waals surface area contributed by atoms with E-state index in [0.29, 0.717) is 52.3 Å². The summed E-state index contributed by atoms with van der Waals surface area (Å²) in [6.45, 7) is 8.00. The third-order valence-electron chi connectivity index (χ3n) is 7.16. The number of aryl methyl sites for hydroxylation is 1. The van der Waals surface area contributed by atoms with Gasteiger partial charge in [-0.15, -0.1) is 0 Å². The Hall–Kier alpha value is -4.57. The zero-order valence-electron chi connectivity index (χ0n) is 23.9. The number of H-pyrrole nitrogens is 1. The van der Waals surface area contributed by atoms with Gasteiger partial charge < -0.3 is 14.5 Å². The fourth-order valence-corrected chi connectivity index (χ4v) is 6.37. The Morgan fingerprint density at radius 1 is 0.976 bits per heavy atom. The van der Waals surface area contributed by atoms with E-state index in [9.17, 15) is 18.0 Å². The predicted octanol–water partition coefficient (Wildman–Crippen LogP) is 5.33. The summed E-state index contributed by atoms with van der Waals surface area (Å²) in [4.78, 5) is 29.8. The smallest absolute Gasteiger partial charge is 0.266 e. The van der Waals surface area contributed by atoms with Crippen LogP contribution in [0.1, 0.15) is 43.4 Å². The second-order valence-corrected chi connectivity index (χ2v) is 11.8. The summed E-state index contributed by atoms with van der Waals surface area (Å²) in [5.41, 5.74) is 2.95. The molecule has 2 heterocycles. The SMILES string of the molecule is CCOc1c2cn(-c3ccc(CS(=O)(=O)NC(=O)C(C)c4ccccc4)cc3C)c(=O)c2c(OCC)c2ccc[nH]c12. The van der Waals surface area contributed by atoms with E-state index in [0.717, 1.165) is 16.5 Å². The van der Waals surface area contributed by atoms with Crippen molar-refractivity contribution in [2.75, 3.05) is 13.2 Å². The number of carbonyl (C=O) groups excluding carboxylic acids is 1. The molecule has 5 rings (SSSR count). The number of carbonyl (C=O) groups is 1. The molecule has 0 aliphatic rings. The molecule has 218 valence electrons. The summed E-state index contributed by atoms with van der Waals surface area (Å²) in [7, 11) is -3.96. The molecule has 5 aromatic rings. The van der Waals surface area contributed by atoms with E-state index in [2.05, 4.69) is 9.71 Å². The quantitative estimate of drug-likeness (QED) is 0.228. The minimum Gasteiger partial charge on any atom is -0.492 e. The Morgan fingerprint density at radius 3 is 2.38 bits per heavy atom. The first-order valence-corrected chi connectivity index (χ1v) is 15.4. The normalized spacial score (nSPS) is 12.4. The molecule has 2 N–H and O–H groups in total. The number of rotatable bonds is 10. The molecule has 1 atom stereocenters. The maximum Gasteiger partial charge on any atom is 0.266 e. The standard InChI is InChI=1S/C32H33N3O6S/c1-5-40-29-24-13-10-16-33-28(24)30(41-6-2)25-18-35(32(37)27(25)29)26-15-14-22(17-20(26)3)19-42(38,39)34-31(36)21(4)23-11-8-7-9-12-23/h7-18,21,33H,5-6,19H2,1-4H3,(H,34,36). The van der Waals surface area contributed by atoms with Gasteiger partial charge in [0.05, 0.1) is 46.9 Å². The van der Waals surface area contributed by atoms with Crippen molar-refractivity contribution >= 4 is 37.6 Å².